The van der Waals surface area contributed by atoms with Crippen LogP contribution >= 0.6 is 34.5 Å². The number of halogens is 2. The molecule has 0 aliphatic heterocycles. The number of nitrogens with zero attached hydrogens (tertiary/aromatic N) is 1. The van der Waals surface area contributed by atoms with Gasteiger partial charge in [-0.15, -0.1) is 11.3 Å². The van der Waals surface area contributed by atoms with E-state index in [1.54, 1.807) is 17.4 Å². The van der Waals surface area contributed by atoms with Crippen LogP contribution in [0.4, 0.5) is 10.8 Å². The molecule has 0 saturated heterocycles. The average Bonchev–Trinajstić information content (AvgIpc) is 2.85. The third kappa shape index (κ3) is 3.27. The van der Waals surface area contributed by atoms with E-state index in [0.29, 0.717) is 10.0 Å². The van der Waals surface area contributed by atoms with Crippen LogP contribution < -0.4 is 5.32 Å². The van der Waals surface area contributed by atoms with Crippen LogP contribution in [0.3, 0.4) is 0 Å². The molecule has 0 amide bonds. The lowest BCUT2D eigenvalue weighted by molar-refractivity contribution is 1.35. The lowest BCUT2D eigenvalue weighted by Gasteiger charge is -2.03. The Balaban J connectivity index is 1.90. The standard InChI is InChI=1S/C17H14Cl2N2S/c1-10-3-6-13(7-4-10)20-17-21-16(11(2)22-17)12-5-8-14(18)15(19)9-12/h3-9H,1-2H3,(H,20,21). The van der Waals surface area contributed by atoms with Gasteiger partial charge in [0.1, 0.15) is 0 Å². The second-order valence-electron chi connectivity index (χ2n) is 5.04. The van der Waals surface area contributed by atoms with Crippen molar-refractivity contribution >= 4 is 45.4 Å². The number of aromatic nitrogens is 1. The Labute approximate surface area is 143 Å². The molecule has 0 fully saturated rings. The van der Waals surface area contributed by atoms with Crippen LogP contribution in [0.15, 0.2) is 42.5 Å². The Morgan fingerprint density at radius 3 is 2.36 bits per heavy atom. The normalized spacial score (nSPS) is 10.7. The van der Waals surface area contributed by atoms with Crippen molar-refractivity contribution in [2.24, 2.45) is 0 Å². The molecule has 0 aliphatic carbocycles. The number of rotatable bonds is 3. The summed E-state index contributed by atoms with van der Waals surface area (Å²) in [6.45, 7) is 4.12. The van der Waals surface area contributed by atoms with Crippen molar-refractivity contribution in [1.29, 1.82) is 0 Å². The lowest BCUT2D eigenvalue weighted by Crippen LogP contribution is -1.89. The van der Waals surface area contributed by atoms with Gasteiger partial charge in [-0.1, -0.05) is 47.0 Å². The van der Waals surface area contributed by atoms with Crippen molar-refractivity contribution in [2.45, 2.75) is 13.8 Å². The molecule has 0 bridgehead atoms. The topological polar surface area (TPSA) is 24.9 Å². The van der Waals surface area contributed by atoms with E-state index in [1.807, 2.05) is 24.3 Å². The van der Waals surface area contributed by atoms with Crippen LogP contribution in [-0.2, 0) is 0 Å². The van der Waals surface area contributed by atoms with E-state index in [2.05, 4.69) is 36.3 Å². The van der Waals surface area contributed by atoms with E-state index in [-0.39, 0.29) is 0 Å². The monoisotopic (exact) mass is 348 g/mol. The number of thiazole rings is 1. The van der Waals surface area contributed by atoms with Gasteiger partial charge < -0.3 is 5.32 Å². The fourth-order valence-electron chi connectivity index (χ4n) is 2.12. The Kier molecular flexibility index (Phi) is 4.39. The maximum absolute atomic E-state index is 6.10. The summed E-state index contributed by atoms with van der Waals surface area (Å²) in [4.78, 5) is 5.81. The molecule has 0 spiro atoms. The zero-order valence-electron chi connectivity index (χ0n) is 12.2. The fourth-order valence-corrected chi connectivity index (χ4v) is 3.28. The molecule has 1 heterocycles. The second-order valence-corrected chi connectivity index (χ2v) is 7.06. The van der Waals surface area contributed by atoms with Gasteiger partial charge in [0.25, 0.3) is 0 Å². The smallest absolute Gasteiger partial charge is 0.187 e. The zero-order chi connectivity index (χ0) is 15.7. The van der Waals surface area contributed by atoms with Crippen molar-refractivity contribution in [3.05, 3.63) is 63.0 Å². The molecular weight excluding hydrogens is 335 g/mol. The second kappa shape index (κ2) is 6.29. The number of hydrogen-bond acceptors (Lipinski definition) is 3. The van der Waals surface area contributed by atoms with E-state index < -0.39 is 0 Å². The van der Waals surface area contributed by atoms with Crippen molar-refractivity contribution < 1.29 is 0 Å². The van der Waals surface area contributed by atoms with E-state index >= 15 is 0 Å². The molecule has 0 saturated carbocycles. The molecule has 0 atom stereocenters. The average molecular weight is 349 g/mol. The Bertz CT molecular complexity index is 810. The van der Waals surface area contributed by atoms with Crippen molar-refractivity contribution in [3.8, 4) is 11.3 Å². The highest BCUT2D eigenvalue weighted by atomic mass is 35.5. The molecular formula is C17H14Cl2N2S. The first-order valence-electron chi connectivity index (χ1n) is 6.79. The molecule has 112 valence electrons. The van der Waals surface area contributed by atoms with Crippen LogP contribution in [0.25, 0.3) is 11.3 Å². The molecule has 1 N–H and O–H groups in total. The summed E-state index contributed by atoms with van der Waals surface area (Å²) in [6.07, 6.45) is 0. The van der Waals surface area contributed by atoms with Crippen molar-refractivity contribution in [1.82, 2.24) is 4.98 Å². The number of aryl methyl sites for hydroxylation is 2. The minimum Gasteiger partial charge on any atom is -0.332 e. The summed E-state index contributed by atoms with van der Waals surface area (Å²) in [5, 5.41) is 5.29. The lowest BCUT2D eigenvalue weighted by atomic mass is 10.1. The van der Waals surface area contributed by atoms with E-state index in [9.17, 15) is 0 Å². The minimum absolute atomic E-state index is 0.541. The molecule has 3 rings (SSSR count). The Morgan fingerprint density at radius 1 is 0.955 bits per heavy atom. The first-order valence-corrected chi connectivity index (χ1v) is 8.37. The quantitative estimate of drug-likeness (QED) is 0.585. The Morgan fingerprint density at radius 2 is 1.68 bits per heavy atom. The number of hydrogen-bond donors (Lipinski definition) is 1. The summed E-state index contributed by atoms with van der Waals surface area (Å²) in [6, 6.07) is 13.8. The van der Waals surface area contributed by atoms with Gasteiger partial charge in [-0.3, -0.25) is 0 Å². The largest absolute Gasteiger partial charge is 0.332 e. The summed E-state index contributed by atoms with van der Waals surface area (Å²) in [5.74, 6) is 0. The molecule has 0 unspecified atom stereocenters. The molecule has 5 heteroatoms. The summed E-state index contributed by atoms with van der Waals surface area (Å²) < 4.78 is 0. The van der Waals surface area contributed by atoms with Crippen LogP contribution in [-0.4, -0.2) is 4.98 Å². The molecule has 22 heavy (non-hydrogen) atoms. The third-order valence-corrected chi connectivity index (χ3v) is 4.92. The highest BCUT2D eigenvalue weighted by Gasteiger charge is 2.11. The molecule has 2 nitrogen and oxygen atoms in total. The molecule has 0 radical (unpaired) electrons. The molecule has 3 aromatic rings. The first-order chi connectivity index (χ1) is 10.5. The maximum Gasteiger partial charge on any atom is 0.187 e. The number of nitrogens with one attached hydrogen (secondary N) is 1. The van der Waals surface area contributed by atoms with Gasteiger partial charge in [0.15, 0.2) is 5.13 Å². The molecule has 1 aromatic heterocycles. The van der Waals surface area contributed by atoms with Gasteiger partial charge in [-0.2, -0.15) is 0 Å². The van der Waals surface area contributed by atoms with E-state index in [0.717, 1.165) is 27.0 Å². The summed E-state index contributed by atoms with van der Waals surface area (Å²) in [7, 11) is 0. The van der Waals surface area contributed by atoms with Gasteiger partial charge in [0.05, 0.1) is 15.7 Å². The maximum atomic E-state index is 6.10. The highest BCUT2D eigenvalue weighted by Crippen LogP contribution is 2.34. The van der Waals surface area contributed by atoms with Crippen LogP contribution in [0.1, 0.15) is 10.4 Å². The molecule has 0 aliphatic rings. The number of anilines is 2. The third-order valence-electron chi connectivity index (χ3n) is 3.29. The zero-order valence-corrected chi connectivity index (χ0v) is 14.5. The van der Waals surface area contributed by atoms with Crippen molar-refractivity contribution in [3.63, 3.8) is 0 Å². The van der Waals surface area contributed by atoms with E-state index in [1.165, 1.54) is 5.56 Å². The fraction of sp³-hybridized carbons (Fsp3) is 0.118. The summed E-state index contributed by atoms with van der Waals surface area (Å²) in [5.41, 5.74) is 4.16. The molecule has 2 aromatic carbocycles. The number of benzene rings is 2. The van der Waals surface area contributed by atoms with Crippen LogP contribution in [0.2, 0.25) is 10.0 Å². The summed E-state index contributed by atoms with van der Waals surface area (Å²) >= 11 is 13.7. The van der Waals surface area contributed by atoms with Gasteiger partial charge in [0.2, 0.25) is 0 Å². The van der Waals surface area contributed by atoms with Gasteiger partial charge in [-0.25, -0.2) is 4.98 Å². The van der Waals surface area contributed by atoms with Crippen molar-refractivity contribution in [2.75, 3.05) is 5.32 Å². The Hall–Kier alpha value is -1.55. The van der Waals surface area contributed by atoms with Gasteiger partial charge in [0, 0.05) is 16.1 Å². The van der Waals surface area contributed by atoms with Crippen LogP contribution in [0.5, 0.6) is 0 Å². The SMILES string of the molecule is Cc1ccc(Nc2nc(-c3ccc(Cl)c(Cl)c3)c(C)s2)cc1. The van der Waals surface area contributed by atoms with Gasteiger partial charge >= 0.3 is 0 Å². The predicted octanol–water partition coefficient (Wildman–Crippen LogP) is 6.48. The highest BCUT2D eigenvalue weighted by molar-refractivity contribution is 7.16. The minimum atomic E-state index is 0.541. The predicted molar refractivity (Wildman–Crippen MR) is 96.8 cm³/mol. The van der Waals surface area contributed by atoms with E-state index in [4.69, 9.17) is 23.2 Å². The van der Waals surface area contributed by atoms with Gasteiger partial charge in [-0.05, 0) is 38.1 Å². The van der Waals surface area contributed by atoms with Crippen LogP contribution in [0, 0.1) is 13.8 Å². The first kappa shape index (κ1) is 15.3.